The molecule has 8 heteroatoms. The number of amides is 2. The summed E-state index contributed by atoms with van der Waals surface area (Å²) < 4.78 is 10.9. The molecule has 1 aliphatic carbocycles. The Morgan fingerprint density at radius 3 is 2.29 bits per heavy atom. The van der Waals surface area contributed by atoms with Gasteiger partial charge < -0.3 is 25.2 Å². The third kappa shape index (κ3) is 5.48. The van der Waals surface area contributed by atoms with Gasteiger partial charge in [-0.1, -0.05) is 68.8 Å². The van der Waals surface area contributed by atoms with Crippen molar-refractivity contribution in [2.75, 3.05) is 19.8 Å². The zero-order valence-electron chi connectivity index (χ0n) is 20.0. The summed E-state index contributed by atoms with van der Waals surface area (Å²) >= 11 is 0. The quantitative estimate of drug-likeness (QED) is 0.506. The van der Waals surface area contributed by atoms with E-state index in [9.17, 15) is 19.5 Å². The number of hydrogen-bond donors (Lipinski definition) is 3. The molecule has 35 heavy (non-hydrogen) atoms. The van der Waals surface area contributed by atoms with Gasteiger partial charge in [-0.15, -0.1) is 0 Å². The van der Waals surface area contributed by atoms with Crippen LogP contribution < -0.4 is 10.6 Å². The molecule has 4 rings (SSSR count). The van der Waals surface area contributed by atoms with Crippen LogP contribution in [0.5, 0.6) is 0 Å². The number of carbonyl (C=O) groups is 3. The summed E-state index contributed by atoms with van der Waals surface area (Å²) in [5, 5.41) is 14.8. The average molecular weight is 481 g/mol. The van der Waals surface area contributed by atoms with Crippen molar-refractivity contribution >= 4 is 18.0 Å². The van der Waals surface area contributed by atoms with Crippen LogP contribution >= 0.6 is 0 Å². The van der Waals surface area contributed by atoms with Crippen LogP contribution in [0.4, 0.5) is 4.79 Å². The van der Waals surface area contributed by atoms with Gasteiger partial charge in [-0.2, -0.15) is 0 Å². The van der Waals surface area contributed by atoms with Crippen molar-refractivity contribution in [1.29, 1.82) is 0 Å². The van der Waals surface area contributed by atoms with Gasteiger partial charge in [0.25, 0.3) is 0 Å². The highest BCUT2D eigenvalue weighted by Gasteiger charge is 2.37. The Kier molecular flexibility index (Phi) is 7.70. The molecule has 2 aromatic rings. The van der Waals surface area contributed by atoms with E-state index in [-0.39, 0.29) is 31.7 Å². The molecule has 0 spiro atoms. The highest BCUT2D eigenvalue weighted by Crippen LogP contribution is 2.44. The lowest BCUT2D eigenvalue weighted by Gasteiger charge is -2.24. The number of carbonyl (C=O) groups excluding carboxylic acids is 2. The van der Waals surface area contributed by atoms with Crippen molar-refractivity contribution < 1.29 is 29.0 Å². The predicted octanol–water partition coefficient (Wildman–Crippen LogP) is 3.55. The average Bonchev–Trinajstić information content (AvgIpc) is 3.45. The number of fused-ring (bicyclic) bond motifs is 3. The number of rotatable bonds is 9. The summed E-state index contributed by atoms with van der Waals surface area (Å²) in [6.45, 7) is 4.34. The van der Waals surface area contributed by atoms with Gasteiger partial charge in [-0.05, 0) is 34.6 Å². The molecule has 3 N–H and O–H groups in total. The van der Waals surface area contributed by atoms with Crippen LogP contribution in [-0.2, 0) is 19.1 Å². The summed E-state index contributed by atoms with van der Waals surface area (Å²) in [7, 11) is 0. The van der Waals surface area contributed by atoms with Crippen LogP contribution in [0.25, 0.3) is 11.1 Å². The van der Waals surface area contributed by atoms with Gasteiger partial charge in [0.05, 0.1) is 19.3 Å². The van der Waals surface area contributed by atoms with Crippen LogP contribution in [-0.4, -0.2) is 55.0 Å². The standard InChI is InChI=1S/C27H32N2O6/c1-3-16(2)12-23(25(30)28-24-15-34-13-22(24)26(31)32)29-27(33)35-14-21-19-10-6-4-8-17(19)18-9-5-7-11-20(18)21/h4-11,16,21-24H,3,12-15H2,1-2H3,(H,28,30)(H,29,33)(H,31,32). The van der Waals surface area contributed by atoms with E-state index in [1.807, 2.05) is 50.2 Å². The zero-order valence-corrected chi connectivity index (χ0v) is 20.0. The molecular weight excluding hydrogens is 448 g/mol. The van der Waals surface area contributed by atoms with Gasteiger partial charge in [-0.3, -0.25) is 9.59 Å². The summed E-state index contributed by atoms with van der Waals surface area (Å²) in [4.78, 5) is 37.2. The normalized spacial score (nSPS) is 20.4. The molecule has 2 aromatic carbocycles. The van der Waals surface area contributed by atoms with Gasteiger partial charge in [0.1, 0.15) is 18.6 Å². The van der Waals surface area contributed by atoms with Crippen molar-refractivity contribution in [1.82, 2.24) is 10.6 Å². The van der Waals surface area contributed by atoms with Crippen molar-refractivity contribution in [3.63, 3.8) is 0 Å². The second-order valence-electron chi connectivity index (χ2n) is 9.37. The molecule has 1 fully saturated rings. The number of carboxylic acid groups (broad SMARTS) is 1. The molecule has 2 aliphatic rings. The van der Waals surface area contributed by atoms with Crippen molar-refractivity contribution in [3.8, 4) is 11.1 Å². The first-order valence-corrected chi connectivity index (χ1v) is 12.1. The van der Waals surface area contributed by atoms with E-state index in [4.69, 9.17) is 9.47 Å². The minimum absolute atomic E-state index is 0.0517. The Bertz CT molecular complexity index is 1040. The molecule has 0 bridgehead atoms. The van der Waals surface area contributed by atoms with Gasteiger partial charge >= 0.3 is 12.1 Å². The van der Waals surface area contributed by atoms with Gasteiger partial charge in [0.15, 0.2) is 0 Å². The van der Waals surface area contributed by atoms with E-state index >= 15 is 0 Å². The molecule has 186 valence electrons. The Balaban J connectivity index is 1.41. The third-order valence-corrected chi connectivity index (χ3v) is 7.01. The van der Waals surface area contributed by atoms with E-state index in [1.165, 1.54) is 0 Å². The van der Waals surface area contributed by atoms with Crippen molar-refractivity contribution in [2.24, 2.45) is 11.8 Å². The van der Waals surface area contributed by atoms with Gasteiger partial charge in [0, 0.05) is 5.92 Å². The van der Waals surface area contributed by atoms with Crippen LogP contribution in [0.1, 0.15) is 43.7 Å². The number of alkyl carbamates (subject to hydrolysis) is 1. The summed E-state index contributed by atoms with van der Waals surface area (Å²) in [5.74, 6) is -2.16. The SMILES string of the molecule is CCC(C)CC(NC(=O)OCC1c2ccccc2-c2ccccc21)C(=O)NC1COCC1C(=O)O. The lowest BCUT2D eigenvalue weighted by Crippen LogP contribution is -2.52. The maximum Gasteiger partial charge on any atom is 0.407 e. The number of carboxylic acids is 1. The van der Waals surface area contributed by atoms with E-state index in [2.05, 4.69) is 22.8 Å². The van der Waals surface area contributed by atoms with Crippen LogP contribution in [0.15, 0.2) is 48.5 Å². The van der Waals surface area contributed by atoms with Crippen LogP contribution in [0.2, 0.25) is 0 Å². The van der Waals surface area contributed by atoms with E-state index in [0.717, 1.165) is 28.7 Å². The van der Waals surface area contributed by atoms with E-state index < -0.39 is 36.0 Å². The fourth-order valence-corrected chi connectivity index (χ4v) is 4.81. The Morgan fingerprint density at radius 1 is 1.06 bits per heavy atom. The Hall–Kier alpha value is -3.39. The molecule has 2 amide bonds. The first-order chi connectivity index (χ1) is 16.9. The Morgan fingerprint density at radius 2 is 1.69 bits per heavy atom. The first kappa shape index (κ1) is 24.7. The molecule has 0 saturated carbocycles. The minimum atomic E-state index is -1.02. The Labute approximate surface area is 205 Å². The van der Waals surface area contributed by atoms with Gasteiger partial charge in [-0.25, -0.2) is 4.79 Å². The lowest BCUT2D eigenvalue weighted by atomic mass is 9.97. The zero-order chi connectivity index (χ0) is 24.9. The number of benzene rings is 2. The van der Waals surface area contributed by atoms with E-state index in [0.29, 0.717) is 6.42 Å². The second kappa shape index (κ2) is 10.9. The molecule has 0 aromatic heterocycles. The highest BCUT2D eigenvalue weighted by atomic mass is 16.5. The molecule has 1 saturated heterocycles. The molecular formula is C27H32N2O6. The van der Waals surface area contributed by atoms with Crippen molar-refractivity contribution in [3.05, 3.63) is 59.7 Å². The number of hydrogen-bond acceptors (Lipinski definition) is 5. The molecule has 1 aliphatic heterocycles. The summed E-state index contributed by atoms with van der Waals surface area (Å²) in [6.07, 6.45) is 0.575. The maximum atomic E-state index is 13.0. The molecule has 1 heterocycles. The lowest BCUT2D eigenvalue weighted by molar-refractivity contribution is -0.142. The number of nitrogens with one attached hydrogen (secondary N) is 2. The predicted molar refractivity (Wildman–Crippen MR) is 130 cm³/mol. The van der Waals surface area contributed by atoms with Crippen molar-refractivity contribution in [2.45, 2.75) is 44.7 Å². The second-order valence-corrected chi connectivity index (χ2v) is 9.37. The third-order valence-electron chi connectivity index (χ3n) is 7.01. The number of ether oxygens (including phenoxy) is 2. The molecule has 0 radical (unpaired) electrons. The first-order valence-electron chi connectivity index (χ1n) is 12.1. The smallest absolute Gasteiger partial charge is 0.407 e. The fourth-order valence-electron chi connectivity index (χ4n) is 4.81. The van der Waals surface area contributed by atoms with Crippen LogP contribution in [0, 0.1) is 11.8 Å². The number of aliphatic carboxylic acids is 1. The minimum Gasteiger partial charge on any atom is -0.481 e. The largest absolute Gasteiger partial charge is 0.481 e. The summed E-state index contributed by atoms with van der Waals surface area (Å²) in [6, 6.07) is 14.7. The molecule has 4 atom stereocenters. The highest BCUT2D eigenvalue weighted by molar-refractivity contribution is 5.86. The summed E-state index contributed by atoms with van der Waals surface area (Å²) in [5.41, 5.74) is 4.49. The van der Waals surface area contributed by atoms with Gasteiger partial charge in [0.2, 0.25) is 5.91 Å². The topological polar surface area (TPSA) is 114 Å². The maximum absolute atomic E-state index is 13.0. The molecule has 4 unspecified atom stereocenters. The monoisotopic (exact) mass is 480 g/mol. The molecule has 8 nitrogen and oxygen atoms in total. The van der Waals surface area contributed by atoms with Crippen LogP contribution in [0.3, 0.4) is 0 Å². The van der Waals surface area contributed by atoms with E-state index in [1.54, 1.807) is 0 Å². The fraction of sp³-hybridized carbons (Fsp3) is 0.444.